The van der Waals surface area contributed by atoms with E-state index in [1.807, 2.05) is 18.3 Å². The van der Waals surface area contributed by atoms with Gasteiger partial charge in [0.2, 0.25) is 0 Å². The molecule has 0 aliphatic heterocycles. The second-order valence-electron chi connectivity index (χ2n) is 3.31. The van der Waals surface area contributed by atoms with Gasteiger partial charge in [-0.05, 0) is 30.3 Å². The van der Waals surface area contributed by atoms with Crippen LogP contribution in [0.4, 0.5) is 5.82 Å². The molecule has 0 amide bonds. The molecule has 0 aliphatic carbocycles. The number of rotatable bonds is 4. The van der Waals surface area contributed by atoms with E-state index >= 15 is 0 Å². The van der Waals surface area contributed by atoms with E-state index < -0.39 is 0 Å². The summed E-state index contributed by atoms with van der Waals surface area (Å²) in [4.78, 5) is 0. The van der Waals surface area contributed by atoms with Gasteiger partial charge in [-0.3, -0.25) is 4.68 Å². The van der Waals surface area contributed by atoms with Crippen molar-refractivity contribution in [3.8, 4) is 5.75 Å². The van der Waals surface area contributed by atoms with Gasteiger partial charge in [-0.1, -0.05) is 11.6 Å². The lowest BCUT2D eigenvalue weighted by atomic mass is 10.3. The molecule has 0 unspecified atom stereocenters. The minimum Gasteiger partial charge on any atom is -0.492 e. The predicted molar refractivity (Wildman–Crippen MR) is 63.6 cm³/mol. The third-order valence-electron chi connectivity index (χ3n) is 2.06. The fraction of sp³-hybridized carbons (Fsp3) is 0.182. The molecule has 0 saturated heterocycles. The summed E-state index contributed by atoms with van der Waals surface area (Å²) in [5.41, 5.74) is 5.49. The highest BCUT2D eigenvalue weighted by Gasteiger charge is 1.96. The number of anilines is 1. The van der Waals surface area contributed by atoms with Crippen molar-refractivity contribution in [1.29, 1.82) is 0 Å². The summed E-state index contributed by atoms with van der Waals surface area (Å²) >= 11 is 5.76. The van der Waals surface area contributed by atoms with Gasteiger partial charge in [0.15, 0.2) is 0 Å². The van der Waals surface area contributed by atoms with Crippen molar-refractivity contribution in [3.05, 3.63) is 41.6 Å². The minimum atomic E-state index is 0.520. The fourth-order valence-electron chi connectivity index (χ4n) is 1.29. The van der Waals surface area contributed by atoms with Crippen LogP contribution in [0, 0.1) is 0 Å². The first-order chi connectivity index (χ1) is 7.74. The SMILES string of the molecule is Nc1ccn(CCOc2ccc(Cl)cc2)n1. The average molecular weight is 238 g/mol. The van der Waals surface area contributed by atoms with E-state index in [2.05, 4.69) is 5.10 Å². The Morgan fingerprint density at radius 3 is 2.62 bits per heavy atom. The number of nitrogen functional groups attached to an aromatic ring is 1. The first-order valence-corrected chi connectivity index (χ1v) is 5.29. The smallest absolute Gasteiger partial charge is 0.145 e. The summed E-state index contributed by atoms with van der Waals surface area (Å²) in [6, 6.07) is 9.01. The Hall–Kier alpha value is -1.68. The van der Waals surface area contributed by atoms with Gasteiger partial charge in [-0.25, -0.2) is 0 Å². The molecule has 0 atom stereocenters. The Bertz CT molecular complexity index is 453. The normalized spacial score (nSPS) is 10.3. The first kappa shape index (κ1) is 10.8. The van der Waals surface area contributed by atoms with Crippen molar-refractivity contribution in [1.82, 2.24) is 9.78 Å². The third kappa shape index (κ3) is 2.90. The monoisotopic (exact) mass is 237 g/mol. The number of benzene rings is 1. The molecule has 0 spiro atoms. The zero-order valence-corrected chi connectivity index (χ0v) is 9.39. The van der Waals surface area contributed by atoms with E-state index in [-0.39, 0.29) is 0 Å². The summed E-state index contributed by atoms with van der Waals surface area (Å²) in [5.74, 6) is 1.32. The van der Waals surface area contributed by atoms with Crippen LogP contribution in [0.5, 0.6) is 5.75 Å². The Morgan fingerprint density at radius 1 is 1.25 bits per heavy atom. The van der Waals surface area contributed by atoms with E-state index in [1.54, 1.807) is 22.9 Å². The molecule has 2 aromatic rings. The van der Waals surface area contributed by atoms with E-state index in [0.717, 1.165) is 5.75 Å². The van der Waals surface area contributed by atoms with Crippen molar-refractivity contribution in [2.75, 3.05) is 12.3 Å². The molecule has 1 aromatic carbocycles. The summed E-state index contributed by atoms with van der Waals surface area (Å²) in [6.07, 6.45) is 1.82. The summed E-state index contributed by atoms with van der Waals surface area (Å²) in [6.45, 7) is 1.21. The minimum absolute atomic E-state index is 0.520. The molecule has 4 nitrogen and oxygen atoms in total. The Labute approximate surface area is 98.6 Å². The van der Waals surface area contributed by atoms with Crippen LogP contribution in [-0.4, -0.2) is 16.4 Å². The summed E-state index contributed by atoms with van der Waals surface area (Å²) in [5, 5.41) is 4.75. The van der Waals surface area contributed by atoms with Crippen LogP contribution in [0.25, 0.3) is 0 Å². The number of hydrogen-bond donors (Lipinski definition) is 1. The van der Waals surface area contributed by atoms with Gasteiger partial charge in [-0.2, -0.15) is 5.10 Å². The highest BCUT2D eigenvalue weighted by Crippen LogP contribution is 2.15. The van der Waals surface area contributed by atoms with Crippen LogP contribution in [0.3, 0.4) is 0 Å². The van der Waals surface area contributed by atoms with Crippen LogP contribution in [0.1, 0.15) is 0 Å². The Balaban J connectivity index is 1.82. The van der Waals surface area contributed by atoms with Crippen LogP contribution in [0.2, 0.25) is 5.02 Å². The number of nitrogens with two attached hydrogens (primary N) is 1. The quantitative estimate of drug-likeness (QED) is 0.887. The number of aromatic nitrogens is 2. The van der Waals surface area contributed by atoms with Gasteiger partial charge in [0.05, 0.1) is 6.54 Å². The van der Waals surface area contributed by atoms with Crippen molar-refractivity contribution >= 4 is 17.4 Å². The molecule has 16 heavy (non-hydrogen) atoms. The van der Waals surface area contributed by atoms with Crippen molar-refractivity contribution in [3.63, 3.8) is 0 Å². The number of nitrogens with zero attached hydrogens (tertiary/aromatic N) is 2. The van der Waals surface area contributed by atoms with Crippen LogP contribution >= 0.6 is 11.6 Å². The molecule has 0 aliphatic rings. The van der Waals surface area contributed by atoms with E-state index in [9.17, 15) is 0 Å². The van der Waals surface area contributed by atoms with Gasteiger partial charge in [0.25, 0.3) is 0 Å². The van der Waals surface area contributed by atoms with Gasteiger partial charge in [0, 0.05) is 11.2 Å². The topological polar surface area (TPSA) is 53.1 Å². The van der Waals surface area contributed by atoms with Gasteiger partial charge < -0.3 is 10.5 Å². The Kier molecular flexibility index (Phi) is 3.31. The van der Waals surface area contributed by atoms with E-state index in [1.165, 1.54) is 0 Å². The Morgan fingerprint density at radius 2 is 2.00 bits per heavy atom. The lowest BCUT2D eigenvalue weighted by Crippen LogP contribution is -2.08. The van der Waals surface area contributed by atoms with Gasteiger partial charge in [0.1, 0.15) is 18.2 Å². The lowest BCUT2D eigenvalue weighted by molar-refractivity contribution is 0.291. The highest BCUT2D eigenvalue weighted by molar-refractivity contribution is 6.30. The summed E-state index contributed by atoms with van der Waals surface area (Å²) in [7, 11) is 0. The maximum atomic E-state index is 5.76. The van der Waals surface area contributed by atoms with E-state index in [4.69, 9.17) is 22.1 Å². The molecular weight excluding hydrogens is 226 g/mol. The molecule has 0 fully saturated rings. The molecule has 0 bridgehead atoms. The number of ether oxygens (including phenoxy) is 1. The van der Waals surface area contributed by atoms with Gasteiger partial charge in [-0.15, -0.1) is 0 Å². The van der Waals surface area contributed by atoms with Crippen molar-refractivity contribution in [2.24, 2.45) is 0 Å². The highest BCUT2D eigenvalue weighted by atomic mass is 35.5. The van der Waals surface area contributed by atoms with E-state index in [0.29, 0.717) is 24.0 Å². The zero-order chi connectivity index (χ0) is 11.4. The second kappa shape index (κ2) is 4.90. The summed E-state index contributed by atoms with van der Waals surface area (Å²) < 4.78 is 7.26. The molecular formula is C11H12ClN3O. The van der Waals surface area contributed by atoms with Crippen molar-refractivity contribution in [2.45, 2.75) is 6.54 Å². The first-order valence-electron chi connectivity index (χ1n) is 4.91. The maximum absolute atomic E-state index is 5.76. The number of hydrogen-bond acceptors (Lipinski definition) is 3. The lowest BCUT2D eigenvalue weighted by Gasteiger charge is -2.05. The van der Waals surface area contributed by atoms with Gasteiger partial charge >= 0.3 is 0 Å². The van der Waals surface area contributed by atoms with Crippen LogP contribution < -0.4 is 10.5 Å². The molecule has 0 radical (unpaired) electrons. The molecule has 0 saturated carbocycles. The molecule has 1 aromatic heterocycles. The largest absolute Gasteiger partial charge is 0.492 e. The fourth-order valence-corrected chi connectivity index (χ4v) is 1.42. The average Bonchev–Trinajstić information content (AvgIpc) is 2.67. The molecule has 2 rings (SSSR count). The maximum Gasteiger partial charge on any atom is 0.145 e. The number of halogens is 1. The molecule has 1 heterocycles. The standard InChI is InChI=1S/C11H12ClN3O/c12-9-1-3-10(4-2-9)16-8-7-15-6-5-11(13)14-15/h1-6H,7-8H2,(H2,13,14). The second-order valence-corrected chi connectivity index (χ2v) is 3.74. The third-order valence-corrected chi connectivity index (χ3v) is 2.32. The molecule has 5 heteroatoms. The molecule has 84 valence electrons. The molecule has 2 N–H and O–H groups in total. The zero-order valence-electron chi connectivity index (χ0n) is 8.64. The van der Waals surface area contributed by atoms with Crippen LogP contribution in [-0.2, 0) is 6.54 Å². The van der Waals surface area contributed by atoms with Crippen molar-refractivity contribution < 1.29 is 4.74 Å². The van der Waals surface area contributed by atoms with Crippen LogP contribution in [0.15, 0.2) is 36.5 Å². The predicted octanol–water partition coefficient (Wildman–Crippen LogP) is 2.20.